The van der Waals surface area contributed by atoms with E-state index in [4.69, 9.17) is 10.3 Å². The predicted octanol–water partition coefficient (Wildman–Crippen LogP) is 1.82. The van der Waals surface area contributed by atoms with E-state index in [1.807, 2.05) is 24.3 Å². The molecule has 3 rings (SSSR count). The van der Waals surface area contributed by atoms with Gasteiger partial charge in [-0.1, -0.05) is 23.4 Å². The fourth-order valence-corrected chi connectivity index (χ4v) is 2.74. The van der Waals surface area contributed by atoms with Crippen molar-refractivity contribution in [1.82, 2.24) is 5.16 Å². The first kappa shape index (κ1) is 12.9. The lowest BCUT2D eigenvalue weighted by molar-refractivity contribution is 0.0981. The number of benzene rings is 1. The number of rotatable bonds is 1. The van der Waals surface area contributed by atoms with Gasteiger partial charge in [0.1, 0.15) is 11.3 Å². The quantitative estimate of drug-likeness (QED) is 0.858. The summed E-state index contributed by atoms with van der Waals surface area (Å²) in [4.78, 5) is 14.5. The highest BCUT2D eigenvalue weighted by molar-refractivity contribution is 6.08. The Bertz CT molecular complexity index is 643. The summed E-state index contributed by atoms with van der Waals surface area (Å²) in [5, 5.41) is 3.85. The molecule has 2 aromatic rings. The Hall–Kier alpha value is -2.14. The molecule has 5 heteroatoms. The van der Waals surface area contributed by atoms with Crippen molar-refractivity contribution in [3.63, 3.8) is 0 Å². The molecule has 0 saturated carbocycles. The largest absolute Gasteiger partial charge is 0.361 e. The first-order valence-electron chi connectivity index (χ1n) is 6.66. The van der Waals surface area contributed by atoms with E-state index < -0.39 is 0 Å². The molecule has 1 atom stereocenters. The Labute approximate surface area is 117 Å². The summed E-state index contributed by atoms with van der Waals surface area (Å²) in [6.07, 6.45) is 0.793. The molecule has 1 aliphatic rings. The average Bonchev–Trinajstić information content (AvgIpc) is 2.76. The number of carbonyl (C=O) groups is 1. The van der Waals surface area contributed by atoms with E-state index >= 15 is 0 Å². The van der Waals surface area contributed by atoms with Crippen molar-refractivity contribution in [2.24, 2.45) is 5.73 Å². The maximum Gasteiger partial charge on any atom is 0.263 e. The zero-order valence-corrected chi connectivity index (χ0v) is 11.6. The summed E-state index contributed by atoms with van der Waals surface area (Å²) in [5.74, 6) is 0.452. The van der Waals surface area contributed by atoms with Gasteiger partial charge in [0.25, 0.3) is 5.91 Å². The van der Waals surface area contributed by atoms with Crippen LogP contribution in [0.25, 0.3) is 0 Å². The third-order valence-electron chi connectivity index (χ3n) is 3.67. The molecule has 0 spiro atoms. The second-order valence-electron chi connectivity index (χ2n) is 5.21. The number of aromatic nitrogens is 1. The van der Waals surface area contributed by atoms with Gasteiger partial charge in [0.2, 0.25) is 0 Å². The molecule has 1 unspecified atom stereocenters. The van der Waals surface area contributed by atoms with Crippen molar-refractivity contribution in [3.8, 4) is 0 Å². The standard InChI is InChI=1S/C15H17N3O2/c1-9-14(10(2)20-17-9)15(19)18-8-12(16)7-11-5-3-4-6-13(11)18/h3-6,12H,7-8,16H2,1-2H3. The van der Waals surface area contributed by atoms with Crippen LogP contribution in [0.15, 0.2) is 28.8 Å². The molecule has 5 nitrogen and oxygen atoms in total. The molecular weight excluding hydrogens is 254 g/mol. The van der Waals surface area contributed by atoms with Crippen LogP contribution in [0.3, 0.4) is 0 Å². The first-order valence-corrected chi connectivity index (χ1v) is 6.66. The third kappa shape index (κ3) is 2.00. The number of aryl methyl sites for hydroxylation is 2. The van der Waals surface area contributed by atoms with Crippen LogP contribution < -0.4 is 10.6 Å². The van der Waals surface area contributed by atoms with Crippen molar-refractivity contribution >= 4 is 11.6 Å². The fraction of sp³-hybridized carbons (Fsp3) is 0.333. The lowest BCUT2D eigenvalue weighted by atomic mass is 9.97. The first-order chi connectivity index (χ1) is 9.58. The smallest absolute Gasteiger partial charge is 0.263 e. The summed E-state index contributed by atoms with van der Waals surface area (Å²) in [7, 11) is 0. The van der Waals surface area contributed by atoms with Gasteiger partial charge in [-0.05, 0) is 31.9 Å². The van der Waals surface area contributed by atoms with E-state index in [9.17, 15) is 4.79 Å². The Balaban J connectivity index is 2.05. The number of hydrogen-bond donors (Lipinski definition) is 1. The van der Waals surface area contributed by atoms with Crippen LogP contribution in [0.4, 0.5) is 5.69 Å². The van der Waals surface area contributed by atoms with E-state index in [1.165, 1.54) is 0 Å². The van der Waals surface area contributed by atoms with Crippen LogP contribution in [0.2, 0.25) is 0 Å². The number of hydrogen-bond acceptors (Lipinski definition) is 4. The summed E-state index contributed by atoms with van der Waals surface area (Å²) in [6, 6.07) is 7.83. The highest BCUT2D eigenvalue weighted by atomic mass is 16.5. The number of carbonyl (C=O) groups excluding carboxylic acids is 1. The minimum Gasteiger partial charge on any atom is -0.361 e. The van der Waals surface area contributed by atoms with Crippen molar-refractivity contribution in [2.45, 2.75) is 26.3 Å². The summed E-state index contributed by atoms with van der Waals surface area (Å²) < 4.78 is 5.09. The summed E-state index contributed by atoms with van der Waals surface area (Å²) in [5.41, 5.74) is 9.26. The van der Waals surface area contributed by atoms with Gasteiger partial charge >= 0.3 is 0 Å². The maximum atomic E-state index is 12.8. The normalized spacial score (nSPS) is 17.9. The zero-order chi connectivity index (χ0) is 14.3. The molecule has 0 fully saturated rings. The monoisotopic (exact) mass is 271 g/mol. The van der Waals surface area contributed by atoms with E-state index in [1.54, 1.807) is 18.7 Å². The Morgan fingerprint density at radius 2 is 2.15 bits per heavy atom. The summed E-state index contributed by atoms with van der Waals surface area (Å²) in [6.45, 7) is 4.04. The SMILES string of the molecule is Cc1noc(C)c1C(=O)N1CC(N)Cc2ccccc21. The molecule has 1 aliphatic heterocycles. The number of nitrogens with two attached hydrogens (primary N) is 1. The second kappa shape index (κ2) is 4.76. The van der Waals surface area contributed by atoms with E-state index in [0.717, 1.165) is 17.7 Å². The number of amides is 1. The van der Waals surface area contributed by atoms with Crippen LogP contribution in [0.1, 0.15) is 27.4 Å². The molecule has 20 heavy (non-hydrogen) atoms. The van der Waals surface area contributed by atoms with Crippen LogP contribution >= 0.6 is 0 Å². The van der Waals surface area contributed by atoms with Gasteiger partial charge in [0.05, 0.1) is 5.69 Å². The minimum atomic E-state index is -0.0937. The molecule has 2 heterocycles. The fourth-order valence-electron chi connectivity index (χ4n) is 2.74. The Kier molecular flexibility index (Phi) is 3.06. The minimum absolute atomic E-state index is 0.0469. The van der Waals surface area contributed by atoms with Gasteiger partial charge in [0, 0.05) is 18.3 Å². The molecule has 0 saturated heterocycles. The van der Waals surface area contributed by atoms with Gasteiger partial charge in [-0.3, -0.25) is 4.79 Å². The highest BCUT2D eigenvalue weighted by Gasteiger charge is 2.30. The van der Waals surface area contributed by atoms with Crippen molar-refractivity contribution in [1.29, 1.82) is 0 Å². The van der Waals surface area contributed by atoms with E-state index in [2.05, 4.69) is 5.16 Å². The molecule has 0 aliphatic carbocycles. The van der Waals surface area contributed by atoms with Gasteiger partial charge in [-0.2, -0.15) is 0 Å². The van der Waals surface area contributed by atoms with Gasteiger partial charge in [-0.25, -0.2) is 0 Å². The molecule has 2 N–H and O–H groups in total. The third-order valence-corrected chi connectivity index (χ3v) is 3.67. The number of para-hydroxylation sites is 1. The highest BCUT2D eigenvalue weighted by Crippen LogP contribution is 2.29. The topological polar surface area (TPSA) is 72.4 Å². The lowest BCUT2D eigenvalue weighted by Gasteiger charge is -2.33. The molecule has 104 valence electrons. The van der Waals surface area contributed by atoms with Crippen LogP contribution in [-0.4, -0.2) is 23.7 Å². The van der Waals surface area contributed by atoms with Crippen molar-refractivity contribution in [3.05, 3.63) is 46.8 Å². The number of nitrogens with zero attached hydrogens (tertiary/aromatic N) is 2. The molecular formula is C15H17N3O2. The second-order valence-corrected chi connectivity index (χ2v) is 5.21. The Morgan fingerprint density at radius 3 is 2.85 bits per heavy atom. The Morgan fingerprint density at radius 1 is 1.40 bits per heavy atom. The zero-order valence-electron chi connectivity index (χ0n) is 11.6. The average molecular weight is 271 g/mol. The van der Waals surface area contributed by atoms with Crippen molar-refractivity contribution in [2.75, 3.05) is 11.4 Å². The van der Waals surface area contributed by atoms with Crippen LogP contribution in [0, 0.1) is 13.8 Å². The summed E-state index contributed by atoms with van der Waals surface area (Å²) >= 11 is 0. The lowest BCUT2D eigenvalue weighted by Crippen LogP contribution is -2.46. The van der Waals surface area contributed by atoms with E-state index in [0.29, 0.717) is 23.6 Å². The molecule has 0 bridgehead atoms. The molecule has 0 radical (unpaired) electrons. The van der Waals surface area contributed by atoms with Gasteiger partial charge in [0.15, 0.2) is 0 Å². The van der Waals surface area contributed by atoms with Crippen LogP contribution in [0.5, 0.6) is 0 Å². The molecule has 1 amide bonds. The van der Waals surface area contributed by atoms with E-state index in [-0.39, 0.29) is 11.9 Å². The van der Waals surface area contributed by atoms with Crippen molar-refractivity contribution < 1.29 is 9.32 Å². The molecule has 1 aromatic carbocycles. The van der Waals surface area contributed by atoms with Gasteiger partial charge < -0.3 is 15.2 Å². The van der Waals surface area contributed by atoms with Crippen LogP contribution in [-0.2, 0) is 6.42 Å². The van der Waals surface area contributed by atoms with Gasteiger partial charge in [-0.15, -0.1) is 0 Å². The maximum absolute atomic E-state index is 12.8. The number of anilines is 1. The molecule has 1 aromatic heterocycles. The number of fused-ring (bicyclic) bond motifs is 1. The predicted molar refractivity (Wildman–Crippen MR) is 75.8 cm³/mol.